The van der Waals surface area contributed by atoms with Gasteiger partial charge in [0.1, 0.15) is 23.7 Å². The van der Waals surface area contributed by atoms with Crippen molar-refractivity contribution < 1.29 is 38.2 Å². The van der Waals surface area contributed by atoms with Crippen LogP contribution in [0.2, 0.25) is 0 Å². The van der Waals surface area contributed by atoms with Gasteiger partial charge in [-0.2, -0.15) is 0 Å². The number of carbonyl (C=O) groups excluding carboxylic acids is 4. The molecule has 59 heavy (non-hydrogen) atoms. The summed E-state index contributed by atoms with van der Waals surface area (Å²) in [5, 5.41) is 19.4. The number of aromatic nitrogens is 1. The Kier molecular flexibility index (Phi) is 12.6. The number of carboxylic acid groups (broad SMARTS) is 1. The first-order valence-electron chi connectivity index (χ1n) is 19.4. The molecular formula is C47H43FN4O7. The maximum absolute atomic E-state index is 15.1. The summed E-state index contributed by atoms with van der Waals surface area (Å²) in [5.41, 5.74) is 4.93. The van der Waals surface area contributed by atoms with Crippen molar-refractivity contribution in [3.05, 3.63) is 162 Å². The molecular weight excluding hydrogens is 752 g/mol. The average molecular weight is 795 g/mol. The Morgan fingerprint density at radius 1 is 0.644 bits per heavy atom. The highest BCUT2D eigenvalue weighted by atomic mass is 19.1. The summed E-state index contributed by atoms with van der Waals surface area (Å²) in [6, 6.07) is 33.2. The number of benzene rings is 5. The Hall–Kier alpha value is -7.08. The molecule has 2 aliphatic rings. The molecule has 1 aromatic heterocycles. The molecule has 8 rings (SSSR count). The van der Waals surface area contributed by atoms with Crippen LogP contribution in [-0.2, 0) is 49.7 Å². The quantitative estimate of drug-likeness (QED) is 0.122. The number of hydrogen-bond acceptors (Lipinski definition) is 6. The van der Waals surface area contributed by atoms with Gasteiger partial charge in [0.15, 0.2) is 12.4 Å². The van der Waals surface area contributed by atoms with E-state index in [1.165, 1.54) is 18.2 Å². The Morgan fingerprint density at radius 2 is 1.27 bits per heavy atom. The van der Waals surface area contributed by atoms with Gasteiger partial charge in [-0.25, -0.2) is 4.39 Å². The molecule has 0 unspecified atom stereocenters. The fraction of sp³-hybridized carbons (Fsp3) is 0.213. The summed E-state index contributed by atoms with van der Waals surface area (Å²) >= 11 is 0. The highest BCUT2D eigenvalue weighted by Crippen LogP contribution is 2.23. The zero-order valence-electron chi connectivity index (χ0n) is 32.0. The van der Waals surface area contributed by atoms with Crippen LogP contribution < -0.4 is 20.7 Å². The van der Waals surface area contributed by atoms with Crippen LogP contribution in [0, 0.1) is 11.7 Å². The molecule has 6 aromatic rings. The van der Waals surface area contributed by atoms with E-state index in [1.54, 1.807) is 36.5 Å². The number of H-pyrrole nitrogens is 1. The van der Waals surface area contributed by atoms with Crippen molar-refractivity contribution in [2.24, 2.45) is 5.92 Å². The molecule has 300 valence electrons. The molecule has 11 nitrogen and oxygen atoms in total. The minimum Gasteiger partial charge on any atom is -0.484 e. The van der Waals surface area contributed by atoms with E-state index in [-0.39, 0.29) is 31.2 Å². The van der Waals surface area contributed by atoms with E-state index in [0.29, 0.717) is 16.9 Å². The van der Waals surface area contributed by atoms with Crippen LogP contribution in [0.25, 0.3) is 22.0 Å². The lowest BCUT2D eigenvalue weighted by molar-refractivity contribution is -0.144. The van der Waals surface area contributed by atoms with Gasteiger partial charge in [-0.3, -0.25) is 24.0 Å². The van der Waals surface area contributed by atoms with Crippen molar-refractivity contribution in [3.8, 4) is 16.9 Å². The van der Waals surface area contributed by atoms with Crippen LogP contribution in [0.15, 0.2) is 134 Å². The van der Waals surface area contributed by atoms with Crippen LogP contribution in [0.5, 0.6) is 5.75 Å². The van der Waals surface area contributed by atoms with Crippen LogP contribution in [0.3, 0.4) is 0 Å². The number of para-hydroxylation sites is 1. The third kappa shape index (κ3) is 10.3. The maximum atomic E-state index is 15.1. The number of rotatable bonds is 8. The molecule has 0 saturated carbocycles. The molecule has 4 atom stereocenters. The third-order valence-corrected chi connectivity index (χ3v) is 10.5. The number of amides is 3. The fourth-order valence-electron chi connectivity index (χ4n) is 7.34. The van der Waals surface area contributed by atoms with Crippen molar-refractivity contribution >= 4 is 40.4 Å². The number of fused-ring (bicyclic) bond motifs is 17. The molecule has 0 saturated heterocycles. The number of hydrogen-bond donors (Lipinski definition) is 5. The van der Waals surface area contributed by atoms with E-state index >= 15 is 4.39 Å². The number of carbonyl (C=O) groups is 5. The maximum Gasteiger partial charge on any atom is 0.307 e. The first-order valence-corrected chi connectivity index (χ1v) is 19.4. The van der Waals surface area contributed by atoms with Crippen LogP contribution in [0.4, 0.5) is 4.39 Å². The Bertz CT molecular complexity index is 2450. The van der Waals surface area contributed by atoms with Gasteiger partial charge in [-0.1, -0.05) is 103 Å². The molecule has 0 aliphatic carbocycles. The van der Waals surface area contributed by atoms with Crippen molar-refractivity contribution in [2.45, 2.75) is 50.2 Å². The Labute approximate surface area is 340 Å². The van der Waals surface area contributed by atoms with E-state index in [1.807, 2.05) is 78.9 Å². The Morgan fingerprint density at radius 3 is 2.00 bits per heavy atom. The highest BCUT2D eigenvalue weighted by molar-refractivity contribution is 5.96. The van der Waals surface area contributed by atoms with Crippen LogP contribution >= 0.6 is 0 Å². The smallest absolute Gasteiger partial charge is 0.307 e. The van der Waals surface area contributed by atoms with E-state index in [9.17, 15) is 29.1 Å². The topological polar surface area (TPSA) is 167 Å². The largest absolute Gasteiger partial charge is 0.484 e. The van der Waals surface area contributed by atoms with Gasteiger partial charge in [0, 0.05) is 42.8 Å². The van der Waals surface area contributed by atoms with Gasteiger partial charge in [-0.05, 0) is 64.1 Å². The predicted octanol–water partition coefficient (Wildman–Crippen LogP) is 5.75. The number of carboxylic acids is 1. The minimum atomic E-state index is -1.35. The van der Waals surface area contributed by atoms with E-state index in [0.717, 1.165) is 27.6 Å². The van der Waals surface area contributed by atoms with Gasteiger partial charge in [0.05, 0.1) is 12.0 Å². The summed E-state index contributed by atoms with van der Waals surface area (Å²) in [7, 11) is 0. The lowest BCUT2D eigenvalue weighted by atomic mass is 9.90. The fourth-order valence-corrected chi connectivity index (χ4v) is 7.34. The first kappa shape index (κ1) is 40.1. The lowest BCUT2D eigenvalue weighted by Crippen LogP contribution is -2.57. The van der Waals surface area contributed by atoms with Crippen molar-refractivity contribution in [2.75, 3.05) is 6.61 Å². The molecule has 0 spiro atoms. The number of aliphatic carboxylic acids is 1. The number of aromatic amines is 1. The lowest BCUT2D eigenvalue weighted by Gasteiger charge is -2.26. The van der Waals surface area contributed by atoms with Crippen LogP contribution in [-0.4, -0.2) is 64.3 Å². The summed E-state index contributed by atoms with van der Waals surface area (Å²) in [6.07, 6.45) is 1.06. The number of ketones is 1. The summed E-state index contributed by atoms with van der Waals surface area (Å²) in [6.45, 7) is -0.432. The molecule has 2 aliphatic heterocycles. The van der Waals surface area contributed by atoms with E-state index < -0.39 is 72.4 Å². The summed E-state index contributed by atoms with van der Waals surface area (Å²) in [5.74, 6) is -5.29. The van der Waals surface area contributed by atoms with Crippen molar-refractivity contribution in [3.63, 3.8) is 0 Å². The number of nitrogens with one attached hydrogen (secondary N) is 4. The molecule has 3 heterocycles. The van der Waals surface area contributed by atoms with Gasteiger partial charge in [-0.15, -0.1) is 0 Å². The summed E-state index contributed by atoms with van der Waals surface area (Å²) in [4.78, 5) is 72.1. The standard InChI is InChI=1S/C47H43FN4O7/c48-38-12-6-4-10-33(38)24-40-43(53)26-34(47(57)58)22-29-16-20-36(21-17-29)59-28-44(54)50-42(25-35-27-49-39-13-7-5-11-37(35)39)46(56)52-41(45(55)51-40)23-30-14-18-32(19-15-30)31-8-2-1-3-9-31/h1-21,27,34,40-42,49H,22-26,28H2,(H,50,54)(H,51,55)(H,52,56)(H,57,58)/t34-,40-,41+,42-/m0/s1. The zero-order valence-corrected chi connectivity index (χ0v) is 32.0. The number of halogens is 1. The molecule has 0 radical (unpaired) electrons. The van der Waals surface area contributed by atoms with Gasteiger partial charge in [0.2, 0.25) is 11.8 Å². The van der Waals surface area contributed by atoms with E-state index in [4.69, 9.17) is 4.74 Å². The molecule has 3 amide bonds. The molecule has 12 heteroatoms. The number of Topliss-reactive ketones (excluding diaryl/α,β-unsaturated/α-hetero) is 1. The van der Waals surface area contributed by atoms with Gasteiger partial charge in [0.25, 0.3) is 5.91 Å². The average Bonchev–Trinajstić information content (AvgIpc) is 3.65. The normalized spacial score (nSPS) is 19.4. The molecule has 0 fully saturated rings. The number of ether oxygens (including phenoxy) is 1. The first-order chi connectivity index (χ1) is 28.6. The highest BCUT2D eigenvalue weighted by Gasteiger charge is 2.33. The van der Waals surface area contributed by atoms with Crippen molar-refractivity contribution in [1.29, 1.82) is 0 Å². The van der Waals surface area contributed by atoms with Gasteiger partial charge >= 0.3 is 5.97 Å². The second-order valence-corrected chi connectivity index (χ2v) is 14.7. The molecule has 2 bridgehead atoms. The second kappa shape index (κ2) is 18.5. The molecule has 5 aromatic carbocycles. The summed E-state index contributed by atoms with van der Waals surface area (Å²) < 4.78 is 20.8. The third-order valence-electron chi connectivity index (χ3n) is 10.5. The van der Waals surface area contributed by atoms with E-state index in [2.05, 4.69) is 20.9 Å². The molecule has 5 N–H and O–H groups in total. The SMILES string of the molecule is O=C1COc2ccc(cc2)C[C@H](C(=O)O)CC(=O)[C@H](Cc2ccccc2F)NC(=O)[C@@H](Cc2ccc(-c3ccccc3)cc2)NC(=O)[C@H](Cc2c[nH]c3ccccc23)N1. The van der Waals surface area contributed by atoms with Gasteiger partial charge < -0.3 is 30.8 Å². The van der Waals surface area contributed by atoms with Crippen molar-refractivity contribution in [1.82, 2.24) is 20.9 Å². The van der Waals surface area contributed by atoms with Crippen LogP contribution in [0.1, 0.15) is 28.7 Å². The minimum absolute atomic E-state index is 0.0180. The monoisotopic (exact) mass is 794 g/mol. The second-order valence-electron chi connectivity index (χ2n) is 14.7. The zero-order chi connectivity index (χ0) is 41.3. The predicted molar refractivity (Wildman–Crippen MR) is 220 cm³/mol. The Balaban J connectivity index is 1.25.